The predicted octanol–water partition coefficient (Wildman–Crippen LogP) is 2.88. The molecule has 0 radical (unpaired) electrons. The molecule has 0 amide bonds. The molecule has 2 heterocycles. The van der Waals surface area contributed by atoms with Gasteiger partial charge in [-0.1, -0.05) is 24.9 Å². The van der Waals surface area contributed by atoms with Gasteiger partial charge in [-0.05, 0) is 48.7 Å². The number of anilines is 1. The van der Waals surface area contributed by atoms with Crippen molar-refractivity contribution >= 4 is 39.9 Å². The number of aliphatic hydroxyl groups is 1. The number of aromatic nitrogens is 1. The van der Waals surface area contributed by atoms with Crippen LogP contribution >= 0.6 is 23.6 Å². The molecule has 0 fully saturated rings. The van der Waals surface area contributed by atoms with E-state index in [4.69, 9.17) is 28.8 Å². The molecule has 0 saturated carbocycles. The first-order valence-electron chi connectivity index (χ1n) is 8.82. The standard InChI is InChI=1S/C20H24N4OS2/c1-11(22)20-15-5-3-14(10-21)19(26)18(15)16(27-20)9-13-4-6-17(23-7-8-25)24-12(13)2/h4,6,10,25H,1,3,5,7-9,21-22H2,2H3,(H,23,24). The quantitative estimate of drug-likeness (QED) is 0.440. The third-order valence-corrected chi connectivity index (χ3v) is 6.47. The fourth-order valence-electron chi connectivity index (χ4n) is 3.33. The van der Waals surface area contributed by atoms with E-state index in [9.17, 15) is 0 Å². The molecule has 7 heteroatoms. The van der Waals surface area contributed by atoms with Gasteiger partial charge in [0.2, 0.25) is 0 Å². The molecule has 27 heavy (non-hydrogen) atoms. The molecule has 2 aromatic rings. The number of nitrogens with one attached hydrogen (secondary N) is 1. The van der Waals surface area contributed by atoms with E-state index in [1.54, 1.807) is 17.5 Å². The van der Waals surface area contributed by atoms with Crippen LogP contribution < -0.4 is 16.8 Å². The van der Waals surface area contributed by atoms with Crippen molar-refractivity contribution < 1.29 is 5.11 Å². The van der Waals surface area contributed by atoms with Gasteiger partial charge in [0.15, 0.2) is 0 Å². The van der Waals surface area contributed by atoms with E-state index in [-0.39, 0.29) is 6.61 Å². The minimum absolute atomic E-state index is 0.0734. The van der Waals surface area contributed by atoms with Gasteiger partial charge in [0.1, 0.15) is 5.82 Å². The SMILES string of the molecule is C=C(N)c1sc(Cc2ccc(NCCO)nc2C)c2c1CCC(=CN)C2=S. The van der Waals surface area contributed by atoms with Crippen LogP contribution in [0, 0.1) is 6.92 Å². The number of hydrogen-bond acceptors (Lipinski definition) is 7. The zero-order chi connectivity index (χ0) is 19.6. The van der Waals surface area contributed by atoms with Crippen molar-refractivity contribution in [3.63, 3.8) is 0 Å². The molecule has 0 bridgehead atoms. The van der Waals surface area contributed by atoms with Gasteiger partial charge in [-0.2, -0.15) is 0 Å². The van der Waals surface area contributed by atoms with Crippen molar-refractivity contribution in [2.24, 2.45) is 11.5 Å². The molecule has 6 N–H and O–H groups in total. The van der Waals surface area contributed by atoms with Crippen LogP contribution in [-0.2, 0) is 12.8 Å². The summed E-state index contributed by atoms with van der Waals surface area (Å²) in [7, 11) is 0. The molecule has 1 aliphatic rings. The molecule has 3 rings (SSSR count). The molecule has 0 atom stereocenters. The Morgan fingerprint density at radius 3 is 2.85 bits per heavy atom. The maximum Gasteiger partial charge on any atom is 0.126 e. The van der Waals surface area contributed by atoms with Gasteiger partial charge in [-0.25, -0.2) is 4.98 Å². The van der Waals surface area contributed by atoms with E-state index < -0.39 is 0 Å². The van der Waals surface area contributed by atoms with Crippen LogP contribution in [0.15, 0.2) is 30.5 Å². The Bertz CT molecular complexity index is 930. The fourth-order valence-corrected chi connectivity index (χ4v) is 5.07. The number of fused-ring (bicyclic) bond motifs is 1. The van der Waals surface area contributed by atoms with E-state index in [0.717, 1.165) is 57.2 Å². The summed E-state index contributed by atoms with van der Waals surface area (Å²) in [5, 5.41) is 12.0. The highest BCUT2D eigenvalue weighted by Gasteiger charge is 2.27. The normalized spacial score (nSPS) is 15.0. The number of allylic oxidation sites excluding steroid dienone is 1. The van der Waals surface area contributed by atoms with Gasteiger partial charge in [-0.3, -0.25) is 0 Å². The monoisotopic (exact) mass is 400 g/mol. The molecule has 142 valence electrons. The van der Waals surface area contributed by atoms with Gasteiger partial charge in [0.05, 0.1) is 16.3 Å². The summed E-state index contributed by atoms with van der Waals surface area (Å²) in [6, 6.07) is 4.00. The van der Waals surface area contributed by atoms with Crippen molar-refractivity contribution in [1.29, 1.82) is 0 Å². The fraction of sp³-hybridized carbons (Fsp3) is 0.300. The average molecular weight is 401 g/mol. The highest BCUT2D eigenvalue weighted by atomic mass is 32.1. The first-order valence-corrected chi connectivity index (χ1v) is 10.0. The number of hydrogen-bond donors (Lipinski definition) is 4. The van der Waals surface area contributed by atoms with Crippen LogP contribution in [0.2, 0.25) is 0 Å². The molecule has 0 unspecified atom stereocenters. The van der Waals surface area contributed by atoms with Crippen LogP contribution in [0.4, 0.5) is 5.82 Å². The van der Waals surface area contributed by atoms with E-state index >= 15 is 0 Å². The molecule has 2 aromatic heterocycles. The summed E-state index contributed by atoms with van der Waals surface area (Å²) in [4.78, 5) is 7.62. The van der Waals surface area contributed by atoms with E-state index in [1.807, 2.05) is 13.0 Å². The number of rotatable bonds is 6. The lowest BCUT2D eigenvalue weighted by molar-refractivity contribution is 0.311. The second-order valence-electron chi connectivity index (χ2n) is 6.52. The van der Waals surface area contributed by atoms with E-state index in [1.165, 1.54) is 10.4 Å². The van der Waals surface area contributed by atoms with Crippen molar-refractivity contribution in [3.05, 3.63) is 62.6 Å². The second-order valence-corrected chi connectivity index (χ2v) is 8.04. The minimum atomic E-state index is 0.0734. The molecule has 0 aliphatic heterocycles. The average Bonchev–Trinajstić information content (AvgIpc) is 3.02. The van der Waals surface area contributed by atoms with Crippen molar-refractivity contribution in [3.8, 4) is 0 Å². The summed E-state index contributed by atoms with van der Waals surface area (Å²) in [5.74, 6) is 0.762. The number of aryl methyl sites for hydroxylation is 1. The number of nitrogens with zero attached hydrogens (tertiary/aromatic N) is 1. The van der Waals surface area contributed by atoms with Gasteiger partial charge in [-0.15, -0.1) is 11.3 Å². The van der Waals surface area contributed by atoms with Crippen molar-refractivity contribution in [1.82, 2.24) is 4.98 Å². The molecule has 0 saturated heterocycles. The van der Waals surface area contributed by atoms with Gasteiger partial charge >= 0.3 is 0 Å². The lowest BCUT2D eigenvalue weighted by Gasteiger charge is -2.19. The zero-order valence-corrected chi connectivity index (χ0v) is 17.0. The summed E-state index contributed by atoms with van der Waals surface area (Å²) in [6.45, 7) is 6.49. The van der Waals surface area contributed by atoms with Crippen molar-refractivity contribution in [2.45, 2.75) is 26.2 Å². The van der Waals surface area contributed by atoms with Crippen LogP contribution in [0.1, 0.15) is 38.6 Å². The predicted molar refractivity (Wildman–Crippen MR) is 117 cm³/mol. The third kappa shape index (κ3) is 3.90. The summed E-state index contributed by atoms with van der Waals surface area (Å²) < 4.78 is 0. The van der Waals surface area contributed by atoms with Crippen LogP contribution in [0.3, 0.4) is 0 Å². The number of pyridine rings is 1. The topological polar surface area (TPSA) is 97.2 Å². The Morgan fingerprint density at radius 2 is 2.22 bits per heavy atom. The molecule has 0 aromatic carbocycles. The molecular weight excluding hydrogens is 376 g/mol. The highest BCUT2D eigenvalue weighted by Crippen LogP contribution is 2.39. The second kappa shape index (κ2) is 8.21. The number of nitrogens with two attached hydrogens (primary N) is 2. The van der Waals surface area contributed by atoms with Gasteiger partial charge in [0, 0.05) is 34.8 Å². The van der Waals surface area contributed by atoms with E-state index in [2.05, 4.69) is 22.9 Å². The van der Waals surface area contributed by atoms with Crippen LogP contribution in [0.25, 0.3) is 5.70 Å². The maximum atomic E-state index is 8.94. The van der Waals surface area contributed by atoms with Gasteiger partial charge < -0.3 is 21.9 Å². The van der Waals surface area contributed by atoms with Gasteiger partial charge in [0.25, 0.3) is 0 Å². The smallest absolute Gasteiger partial charge is 0.126 e. The molecule has 1 aliphatic carbocycles. The molecule has 0 spiro atoms. The third-order valence-electron chi connectivity index (χ3n) is 4.70. The first-order chi connectivity index (χ1) is 13.0. The molecular formula is C20H24N4OS2. The first kappa shape index (κ1) is 19.5. The summed E-state index contributed by atoms with van der Waals surface area (Å²) >= 11 is 7.39. The number of aliphatic hydroxyl groups excluding tert-OH is 1. The minimum Gasteiger partial charge on any atom is -0.404 e. The van der Waals surface area contributed by atoms with Crippen molar-refractivity contribution in [2.75, 3.05) is 18.5 Å². The lowest BCUT2D eigenvalue weighted by atomic mass is 9.87. The largest absolute Gasteiger partial charge is 0.404 e. The lowest BCUT2D eigenvalue weighted by Crippen LogP contribution is -2.15. The Balaban J connectivity index is 1.98. The number of thiophene rings is 1. The van der Waals surface area contributed by atoms with Crippen LogP contribution in [0.5, 0.6) is 0 Å². The summed E-state index contributed by atoms with van der Waals surface area (Å²) in [6.07, 6.45) is 4.07. The summed E-state index contributed by atoms with van der Waals surface area (Å²) in [5.41, 5.74) is 17.8. The Labute approximate surface area is 168 Å². The zero-order valence-electron chi connectivity index (χ0n) is 15.3. The highest BCUT2D eigenvalue weighted by molar-refractivity contribution is 7.81. The van der Waals surface area contributed by atoms with Crippen LogP contribution in [-0.4, -0.2) is 28.1 Å². The maximum absolute atomic E-state index is 8.94. The molecule has 5 nitrogen and oxygen atoms in total. The Hall–Kier alpha value is -2.22. The number of thiocarbonyl (C=S) groups is 1. The Kier molecular flexibility index (Phi) is 5.94. The van der Waals surface area contributed by atoms with E-state index in [0.29, 0.717) is 12.2 Å². The Morgan fingerprint density at radius 1 is 1.44 bits per heavy atom.